The lowest BCUT2D eigenvalue weighted by Crippen LogP contribution is -2.55. The lowest BCUT2D eigenvalue weighted by molar-refractivity contribution is -0.140. The number of rotatable bonds is 12. The number of hydrogen-bond acceptors (Lipinski definition) is 4. The molecule has 1 saturated carbocycles. The summed E-state index contributed by atoms with van der Waals surface area (Å²) in [5.74, 6) is -0.876. The van der Waals surface area contributed by atoms with E-state index in [1.54, 1.807) is 61.5 Å². The van der Waals surface area contributed by atoms with Gasteiger partial charge in [0.15, 0.2) is 0 Å². The molecule has 7 nitrogen and oxygen atoms in total. The van der Waals surface area contributed by atoms with Crippen molar-refractivity contribution in [3.05, 3.63) is 129 Å². The van der Waals surface area contributed by atoms with Crippen molar-refractivity contribution in [1.82, 2.24) is 10.2 Å². The number of benzene rings is 4. The van der Waals surface area contributed by atoms with Gasteiger partial charge in [0.2, 0.25) is 11.8 Å². The molecule has 0 aromatic heterocycles. The first-order chi connectivity index (χ1) is 23.0. The van der Waals surface area contributed by atoms with Crippen LogP contribution in [0.15, 0.2) is 102 Å². The predicted octanol–water partition coefficient (Wildman–Crippen LogP) is 8.24. The fourth-order valence-corrected chi connectivity index (χ4v) is 8.26. The zero-order valence-electron chi connectivity index (χ0n) is 26.6. The molecule has 1 aliphatic carbocycles. The fourth-order valence-electron chi connectivity index (χ4n) is 6.06. The van der Waals surface area contributed by atoms with E-state index in [0.717, 1.165) is 42.0 Å². The summed E-state index contributed by atoms with van der Waals surface area (Å²) >= 11 is 19.1. The summed E-state index contributed by atoms with van der Waals surface area (Å²) in [5, 5.41) is 4.39. The summed E-state index contributed by atoms with van der Waals surface area (Å²) in [7, 11) is -4.23. The minimum absolute atomic E-state index is 0.00716. The predicted molar refractivity (Wildman–Crippen MR) is 193 cm³/mol. The van der Waals surface area contributed by atoms with E-state index >= 15 is 0 Å². The third-order valence-electron chi connectivity index (χ3n) is 8.62. The molecule has 0 bridgehead atoms. The van der Waals surface area contributed by atoms with Crippen molar-refractivity contribution < 1.29 is 18.0 Å². The van der Waals surface area contributed by atoms with Crippen LogP contribution in [0.1, 0.15) is 48.8 Å². The molecule has 0 saturated heterocycles. The molecule has 4 aromatic rings. The first-order valence-corrected chi connectivity index (χ1v) is 18.5. The molecule has 4 aromatic carbocycles. The number of carbonyl (C=O) groups is 2. The van der Waals surface area contributed by atoms with Crippen molar-refractivity contribution in [3.8, 4) is 0 Å². The van der Waals surface area contributed by atoms with Gasteiger partial charge in [0.25, 0.3) is 10.0 Å². The third-order valence-corrected chi connectivity index (χ3v) is 11.2. The summed E-state index contributed by atoms with van der Waals surface area (Å²) in [6.45, 7) is 1.11. The number of nitrogens with one attached hydrogen (secondary N) is 1. The Morgan fingerprint density at radius 3 is 2.10 bits per heavy atom. The standard InChI is InChI=1S/C37H38Cl3N3O4S/c1-26-21-29(38)19-20-34(26)43(48(46,47)32-15-9-4-10-16-32)25-36(44)42(24-28-17-18-30(39)23-33(28)40)35(22-27-11-5-2-6-12-27)37(45)41-31-13-7-3-8-14-31/h2,4-6,9-12,15-21,23,31,35H,3,7-8,13-14,22,24-25H2,1H3,(H,41,45)/t35-/m0/s1. The molecule has 48 heavy (non-hydrogen) atoms. The molecule has 0 radical (unpaired) electrons. The van der Waals surface area contributed by atoms with Crippen LogP contribution in [-0.4, -0.2) is 43.8 Å². The van der Waals surface area contributed by atoms with Crippen molar-refractivity contribution >= 4 is 62.3 Å². The molecule has 1 aliphatic rings. The zero-order valence-corrected chi connectivity index (χ0v) is 29.7. The van der Waals surface area contributed by atoms with E-state index in [0.29, 0.717) is 31.9 Å². The van der Waals surface area contributed by atoms with Crippen LogP contribution < -0.4 is 9.62 Å². The highest BCUT2D eigenvalue weighted by atomic mass is 35.5. The van der Waals surface area contributed by atoms with Crippen LogP contribution in [0.3, 0.4) is 0 Å². The van der Waals surface area contributed by atoms with Gasteiger partial charge in [-0.1, -0.05) is 109 Å². The summed E-state index contributed by atoms with van der Waals surface area (Å²) in [5.41, 5.74) is 2.28. The Kier molecular flexibility index (Phi) is 12.1. The van der Waals surface area contributed by atoms with E-state index in [-0.39, 0.29) is 29.8 Å². The highest BCUT2D eigenvalue weighted by molar-refractivity contribution is 7.92. The molecule has 2 amide bonds. The van der Waals surface area contributed by atoms with Crippen molar-refractivity contribution in [1.29, 1.82) is 0 Å². The van der Waals surface area contributed by atoms with Crippen LogP contribution in [-0.2, 0) is 32.6 Å². The summed E-state index contributed by atoms with van der Waals surface area (Å²) in [6.07, 6.45) is 5.09. The van der Waals surface area contributed by atoms with E-state index in [1.165, 1.54) is 17.0 Å². The maximum Gasteiger partial charge on any atom is 0.264 e. The zero-order chi connectivity index (χ0) is 34.3. The second-order valence-corrected chi connectivity index (χ2v) is 15.2. The molecule has 252 valence electrons. The van der Waals surface area contributed by atoms with Gasteiger partial charge in [-0.15, -0.1) is 0 Å². The van der Waals surface area contributed by atoms with Crippen molar-refractivity contribution in [2.75, 3.05) is 10.8 Å². The number of aryl methyl sites for hydroxylation is 1. The van der Waals surface area contributed by atoms with Gasteiger partial charge in [-0.3, -0.25) is 13.9 Å². The fraction of sp³-hybridized carbons (Fsp3) is 0.297. The summed E-state index contributed by atoms with van der Waals surface area (Å²) < 4.78 is 29.6. The number of anilines is 1. The number of sulfonamides is 1. The normalized spacial score (nSPS) is 14.2. The molecule has 5 rings (SSSR count). The van der Waals surface area contributed by atoms with Gasteiger partial charge in [0, 0.05) is 34.1 Å². The quantitative estimate of drug-likeness (QED) is 0.159. The van der Waals surface area contributed by atoms with E-state index in [1.807, 2.05) is 30.3 Å². The third kappa shape index (κ3) is 8.91. The van der Waals surface area contributed by atoms with E-state index < -0.39 is 28.5 Å². The van der Waals surface area contributed by atoms with E-state index in [2.05, 4.69) is 5.32 Å². The molecular weight excluding hydrogens is 689 g/mol. The number of nitrogens with zero attached hydrogens (tertiary/aromatic N) is 2. The van der Waals surface area contributed by atoms with Gasteiger partial charge >= 0.3 is 0 Å². The average Bonchev–Trinajstić information content (AvgIpc) is 3.07. The summed E-state index contributed by atoms with van der Waals surface area (Å²) in [4.78, 5) is 30.5. The second-order valence-electron chi connectivity index (χ2n) is 12.1. The molecule has 0 heterocycles. The van der Waals surface area contributed by atoms with Gasteiger partial charge in [0.05, 0.1) is 10.6 Å². The average molecular weight is 727 g/mol. The molecule has 0 aliphatic heterocycles. The Morgan fingerprint density at radius 2 is 1.46 bits per heavy atom. The number of halogens is 3. The van der Waals surface area contributed by atoms with Crippen LogP contribution in [0, 0.1) is 6.92 Å². The monoisotopic (exact) mass is 725 g/mol. The van der Waals surface area contributed by atoms with Crippen molar-refractivity contribution in [2.24, 2.45) is 0 Å². The maximum absolute atomic E-state index is 14.7. The van der Waals surface area contributed by atoms with Crippen LogP contribution in [0.5, 0.6) is 0 Å². The minimum atomic E-state index is -4.23. The lowest BCUT2D eigenvalue weighted by Gasteiger charge is -2.35. The first-order valence-electron chi connectivity index (χ1n) is 15.9. The Hall–Kier alpha value is -3.56. The Labute approximate surface area is 297 Å². The number of amides is 2. The van der Waals surface area contributed by atoms with E-state index in [9.17, 15) is 18.0 Å². The Morgan fingerprint density at radius 1 is 0.833 bits per heavy atom. The van der Waals surface area contributed by atoms with Crippen LogP contribution >= 0.6 is 34.8 Å². The van der Waals surface area contributed by atoms with Gasteiger partial charge in [-0.25, -0.2) is 8.42 Å². The van der Waals surface area contributed by atoms with Crippen LogP contribution in [0.25, 0.3) is 0 Å². The smallest absolute Gasteiger partial charge is 0.264 e. The van der Waals surface area contributed by atoms with Gasteiger partial charge < -0.3 is 10.2 Å². The summed E-state index contributed by atoms with van der Waals surface area (Å²) in [6, 6.07) is 26.2. The molecule has 1 atom stereocenters. The van der Waals surface area contributed by atoms with Gasteiger partial charge in [-0.2, -0.15) is 0 Å². The minimum Gasteiger partial charge on any atom is -0.352 e. The molecule has 11 heteroatoms. The SMILES string of the molecule is Cc1cc(Cl)ccc1N(CC(=O)N(Cc1ccc(Cl)cc1Cl)[C@@H](Cc1ccccc1)C(=O)NC1CCCCC1)S(=O)(=O)c1ccccc1. The Balaban J connectivity index is 1.59. The van der Waals surface area contributed by atoms with Crippen LogP contribution in [0.4, 0.5) is 5.69 Å². The molecule has 0 spiro atoms. The molecular formula is C37H38Cl3N3O4S. The topological polar surface area (TPSA) is 86.8 Å². The van der Waals surface area contributed by atoms with Gasteiger partial charge in [-0.05, 0) is 78.9 Å². The van der Waals surface area contributed by atoms with Crippen molar-refractivity contribution in [2.45, 2.75) is 69.0 Å². The molecule has 1 fully saturated rings. The first kappa shape index (κ1) is 35.7. The Bertz CT molecular complexity index is 1840. The maximum atomic E-state index is 14.7. The highest BCUT2D eigenvalue weighted by Crippen LogP contribution is 2.30. The number of carbonyl (C=O) groups excluding carboxylic acids is 2. The molecule has 0 unspecified atom stereocenters. The second kappa shape index (κ2) is 16.2. The highest BCUT2D eigenvalue weighted by Gasteiger charge is 2.36. The molecule has 1 N–H and O–H groups in total. The van der Waals surface area contributed by atoms with Gasteiger partial charge in [0.1, 0.15) is 12.6 Å². The largest absolute Gasteiger partial charge is 0.352 e. The van der Waals surface area contributed by atoms with E-state index in [4.69, 9.17) is 34.8 Å². The van der Waals surface area contributed by atoms with Crippen molar-refractivity contribution in [3.63, 3.8) is 0 Å². The lowest BCUT2D eigenvalue weighted by atomic mass is 9.94. The van der Waals surface area contributed by atoms with Crippen LogP contribution in [0.2, 0.25) is 15.1 Å². The number of hydrogen-bond donors (Lipinski definition) is 1.